The lowest BCUT2D eigenvalue weighted by atomic mass is 10.2. The Balaban J connectivity index is 2.24. The number of carbonyl (C=O) groups is 2. The first-order valence-corrected chi connectivity index (χ1v) is 8.16. The van der Waals surface area contributed by atoms with Crippen LogP contribution in [0.5, 0.6) is 11.5 Å². The summed E-state index contributed by atoms with van der Waals surface area (Å²) in [5.41, 5.74) is 0.464. The molecule has 0 aliphatic rings. The van der Waals surface area contributed by atoms with E-state index in [1.54, 1.807) is 62.4 Å². The van der Waals surface area contributed by atoms with Gasteiger partial charge in [0.2, 0.25) is 0 Å². The molecular weight excluding hydrogens is 344 g/mol. The summed E-state index contributed by atoms with van der Waals surface area (Å²) in [6.45, 7) is 3.30. The van der Waals surface area contributed by atoms with E-state index in [0.29, 0.717) is 0 Å². The van der Waals surface area contributed by atoms with Crippen molar-refractivity contribution in [3.63, 3.8) is 0 Å². The minimum atomic E-state index is -0.563. The number of esters is 2. The lowest BCUT2D eigenvalue weighted by Crippen LogP contribution is -2.09. The van der Waals surface area contributed by atoms with Gasteiger partial charge in [0.05, 0.1) is 0 Å². The van der Waals surface area contributed by atoms with Crippen LogP contribution < -0.4 is 4.74 Å². The summed E-state index contributed by atoms with van der Waals surface area (Å²) >= 11 is 0. The van der Waals surface area contributed by atoms with Crippen LogP contribution >= 0.6 is 0 Å². The smallest absolute Gasteiger partial charge is 0.342 e. The molecule has 0 bridgehead atoms. The van der Waals surface area contributed by atoms with Gasteiger partial charge in [-0.05, 0) is 38.1 Å². The molecule has 27 heavy (non-hydrogen) atoms. The van der Waals surface area contributed by atoms with Crippen molar-refractivity contribution in [2.24, 2.45) is 0 Å². The first kappa shape index (κ1) is 19.6. The van der Waals surface area contributed by atoms with Gasteiger partial charge in [-0.2, -0.15) is 0 Å². The van der Waals surface area contributed by atoms with Gasteiger partial charge in [-0.3, -0.25) is 0 Å². The van der Waals surface area contributed by atoms with Gasteiger partial charge in [0.15, 0.2) is 13.2 Å². The molecule has 0 fully saturated rings. The Bertz CT molecular complexity index is 861. The molecule has 0 N–H and O–H groups in total. The Kier molecular flexibility index (Phi) is 7.51. The summed E-state index contributed by atoms with van der Waals surface area (Å²) < 4.78 is 16.0. The molecule has 0 saturated carbocycles. The van der Waals surface area contributed by atoms with Gasteiger partial charge in [-0.25, -0.2) is 9.59 Å². The van der Waals surface area contributed by atoms with Crippen molar-refractivity contribution in [3.05, 3.63) is 59.7 Å². The van der Waals surface area contributed by atoms with E-state index in [1.165, 1.54) is 0 Å². The fourth-order valence-corrected chi connectivity index (χ4v) is 2.07. The minimum absolute atomic E-state index is 0.00888. The molecule has 0 amide bonds. The van der Waals surface area contributed by atoms with Crippen LogP contribution in [0.3, 0.4) is 0 Å². The van der Waals surface area contributed by atoms with Crippen LogP contribution in [0.2, 0.25) is 0 Å². The Hall–Kier alpha value is -3.70. The van der Waals surface area contributed by atoms with Crippen molar-refractivity contribution in [1.82, 2.24) is 0 Å². The molecule has 0 saturated heterocycles. The molecular formula is C22H18O5. The molecule has 0 aliphatic carbocycles. The van der Waals surface area contributed by atoms with Gasteiger partial charge in [-0.1, -0.05) is 36.1 Å². The van der Waals surface area contributed by atoms with E-state index in [2.05, 4.69) is 23.7 Å². The fourth-order valence-electron chi connectivity index (χ4n) is 2.07. The molecule has 5 heteroatoms. The summed E-state index contributed by atoms with van der Waals surface area (Å²) in [4.78, 5) is 24.5. The first-order valence-electron chi connectivity index (χ1n) is 8.16. The second kappa shape index (κ2) is 10.3. The Labute approximate surface area is 158 Å². The summed E-state index contributed by atoms with van der Waals surface area (Å²) in [5, 5.41) is 0. The van der Waals surface area contributed by atoms with Gasteiger partial charge in [0.1, 0.15) is 22.6 Å². The summed E-state index contributed by atoms with van der Waals surface area (Å²) in [6.07, 6.45) is 0. The third-order valence-corrected chi connectivity index (χ3v) is 3.34. The SMILES string of the molecule is CC#CCOC(=O)c1ccccc1Oc1ccccc1C(=O)OCC#CC. The van der Waals surface area contributed by atoms with E-state index >= 15 is 0 Å². The molecule has 2 aromatic carbocycles. The maximum atomic E-state index is 12.2. The van der Waals surface area contributed by atoms with Crippen LogP contribution in [-0.4, -0.2) is 25.2 Å². The van der Waals surface area contributed by atoms with E-state index < -0.39 is 11.9 Å². The average Bonchev–Trinajstić information content (AvgIpc) is 2.69. The molecule has 0 heterocycles. The lowest BCUT2D eigenvalue weighted by Gasteiger charge is -2.13. The van der Waals surface area contributed by atoms with Crippen molar-refractivity contribution in [3.8, 4) is 35.2 Å². The highest BCUT2D eigenvalue weighted by molar-refractivity contribution is 5.94. The number of benzene rings is 2. The lowest BCUT2D eigenvalue weighted by molar-refractivity contribution is 0.0549. The average molecular weight is 362 g/mol. The number of rotatable bonds is 6. The number of hydrogen-bond donors (Lipinski definition) is 0. The van der Waals surface area contributed by atoms with E-state index in [4.69, 9.17) is 14.2 Å². The van der Waals surface area contributed by atoms with Crippen molar-refractivity contribution in [2.45, 2.75) is 13.8 Å². The molecule has 0 unspecified atom stereocenters. The highest BCUT2D eigenvalue weighted by Gasteiger charge is 2.18. The molecule has 0 spiro atoms. The molecule has 0 atom stereocenters. The highest BCUT2D eigenvalue weighted by atomic mass is 16.5. The molecule has 136 valence electrons. The maximum absolute atomic E-state index is 12.2. The number of carbonyl (C=O) groups excluding carboxylic acids is 2. The molecule has 0 radical (unpaired) electrons. The van der Waals surface area contributed by atoms with Crippen molar-refractivity contribution in [1.29, 1.82) is 0 Å². The third-order valence-electron chi connectivity index (χ3n) is 3.34. The quantitative estimate of drug-likeness (QED) is 0.577. The third kappa shape index (κ3) is 5.66. The normalized spacial score (nSPS) is 9.11. The van der Waals surface area contributed by atoms with Crippen molar-refractivity contribution >= 4 is 11.9 Å². The highest BCUT2D eigenvalue weighted by Crippen LogP contribution is 2.29. The Morgan fingerprint density at radius 3 is 1.56 bits per heavy atom. The van der Waals surface area contributed by atoms with Crippen molar-refractivity contribution < 1.29 is 23.8 Å². The van der Waals surface area contributed by atoms with Gasteiger partial charge < -0.3 is 14.2 Å². The minimum Gasteiger partial charge on any atom is -0.456 e. The second-order valence-electron chi connectivity index (χ2n) is 5.10. The largest absolute Gasteiger partial charge is 0.456 e. The van der Waals surface area contributed by atoms with Crippen LogP contribution in [0, 0.1) is 23.7 Å². The predicted molar refractivity (Wildman–Crippen MR) is 100 cm³/mol. The standard InChI is InChI=1S/C22H18O5/c1-3-5-15-25-21(23)17-11-7-9-13-19(17)27-20-14-10-8-12-18(20)22(24)26-16-6-4-2/h7-14H,15-16H2,1-2H3. The zero-order chi connectivity index (χ0) is 19.5. The Morgan fingerprint density at radius 2 is 1.15 bits per heavy atom. The molecule has 2 aromatic rings. The van der Waals surface area contributed by atoms with Crippen molar-refractivity contribution in [2.75, 3.05) is 13.2 Å². The van der Waals surface area contributed by atoms with E-state index in [1.807, 2.05) is 0 Å². The van der Waals surface area contributed by atoms with Crippen LogP contribution in [0.1, 0.15) is 34.6 Å². The van der Waals surface area contributed by atoms with Crippen LogP contribution in [0.4, 0.5) is 0 Å². The zero-order valence-corrected chi connectivity index (χ0v) is 15.1. The van der Waals surface area contributed by atoms with Gasteiger partial charge in [-0.15, -0.1) is 11.8 Å². The summed E-state index contributed by atoms with van der Waals surface area (Å²) in [6, 6.07) is 13.2. The first-order chi connectivity index (χ1) is 13.2. The van der Waals surface area contributed by atoms with Crippen LogP contribution in [0.25, 0.3) is 0 Å². The van der Waals surface area contributed by atoms with Gasteiger partial charge in [0, 0.05) is 0 Å². The number of ether oxygens (including phenoxy) is 3. The molecule has 2 rings (SSSR count). The molecule has 0 aliphatic heterocycles. The van der Waals surface area contributed by atoms with E-state index in [9.17, 15) is 9.59 Å². The predicted octanol–water partition coefficient (Wildman–Crippen LogP) is 3.84. The van der Waals surface area contributed by atoms with Gasteiger partial charge in [0.25, 0.3) is 0 Å². The molecule has 5 nitrogen and oxygen atoms in total. The van der Waals surface area contributed by atoms with Gasteiger partial charge >= 0.3 is 11.9 Å². The molecule has 0 aromatic heterocycles. The summed E-state index contributed by atoms with van der Waals surface area (Å²) in [7, 11) is 0. The fraction of sp³-hybridized carbons (Fsp3) is 0.182. The zero-order valence-electron chi connectivity index (χ0n) is 15.1. The maximum Gasteiger partial charge on any atom is 0.342 e. The second-order valence-corrected chi connectivity index (χ2v) is 5.10. The Morgan fingerprint density at radius 1 is 0.741 bits per heavy atom. The van der Waals surface area contributed by atoms with Crippen LogP contribution in [0.15, 0.2) is 48.5 Å². The van der Waals surface area contributed by atoms with Crippen LogP contribution in [-0.2, 0) is 9.47 Å². The summed E-state index contributed by atoms with van der Waals surface area (Å²) in [5.74, 6) is 10.0. The van der Waals surface area contributed by atoms with E-state index in [0.717, 1.165) is 0 Å². The number of para-hydroxylation sites is 2. The van der Waals surface area contributed by atoms with E-state index in [-0.39, 0.29) is 35.8 Å². The number of hydrogen-bond acceptors (Lipinski definition) is 5. The monoisotopic (exact) mass is 362 g/mol. The topological polar surface area (TPSA) is 61.8 Å².